The van der Waals surface area contributed by atoms with E-state index >= 15 is 0 Å². The molecule has 1 unspecified atom stereocenters. The number of hydrogen-bond donors (Lipinski definition) is 1. The zero-order valence-electron chi connectivity index (χ0n) is 12.4. The third-order valence-electron chi connectivity index (χ3n) is 4.36. The Hall–Kier alpha value is -1.22. The third kappa shape index (κ3) is 3.09. The Morgan fingerprint density at radius 3 is 2.50 bits per heavy atom. The van der Waals surface area contributed by atoms with Crippen molar-refractivity contribution >= 4 is 0 Å². The number of piperidine rings is 1. The molecule has 0 spiro atoms. The van der Waals surface area contributed by atoms with Crippen LogP contribution in [0.5, 0.6) is 11.5 Å². The van der Waals surface area contributed by atoms with Gasteiger partial charge >= 0.3 is 0 Å². The summed E-state index contributed by atoms with van der Waals surface area (Å²) < 4.78 is 11.6. The molecule has 1 aromatic rings. The molecule has 1 fully saturated rings. The Morgan fingerprint density at radius 1 is 1.10 bits per heavy atom. The first kappa shape index (κ1) is 13.7. The van der Waals surface area contributed by atoms with Crippen LogP contribution in [0.15, 0.2) is 12.1 Å². The van der Waals surface area contributed by atoms with Gasteiger partial charge in [-0.05, 0) is 68.0 Å². The average Bonchev–Trinajstić information content (AvgIpc) is 2.72. The summed E-state index contributed by atoms with van der Waals surface area (Å²) in [5, 5.41) is 3.51. The first-order valence-electron chi connectivity index (χ1n) is 7.99. The first-order valence-corrected chi connectivity index (χ1v) is 7.99. The second-order valence-electron chi connectivity index (χ2n) is 5.89. The third-order valence-corrected chi connectivity index (χ3v) is 4.36. The summed E-state index contributed by atoms with van der Waals surface area (Å²) in [5.41, 5.74) is 2.87. The Kier molecular flexibility index (Phi) is 4.46. The predicted molar refractivity (Wildman–Crippen MR) is 80.7 cm³/mol. The number of fused-ring (bicyclic) bond motifs is 1. The Bertz CT molecular complexity index is 453. The smallest absolute Gasteiger partial charge is 0.161 e. The fraction of sp³-hybridized carbons (Fsp3) is 0.647. The second kappa shape index (κ2) is 6.49. The quantitative estimate of drug-likeness (QED) is 0.920. The lowest BCUT2D eigenvalue weighted by molar-refractivity contribution is 0.297. The lowest BCUT2D eigenvalue weighted by atomic mass is 9.89. The maximum Gasteiger partial charge on any atom is 0.161 e. The Balaban J connectivity index is 1.82. The van der Waals surface area contributed by atoms with Crippen LogP contribution in [0.25, 0.3) is 0 Å². The standard InChI is InChI=1S/C17H25NO2/c1-2-14-10-16-17(20-8-4-7-19-16)11-15(14)9-13-5-3-6-18-12-13/h10-11,13,18H,2-9,12H2,1H3. The van der Waals surface area contributed by atoms with E-state index in [-0.39, 0.29) is 0 Å². The van der Waals surface area contributed by atoms with Crippen LogP contribution in [0.3, 0.4) is 0 Å². The minimum Gasteiger partial charge on any atom is -0.490 e. The van der Waals surface area contributed by atoms with Gasteiger partial charge in [-0.25, -0.2) is 0 Å². The SMILES string of the molecule is CCc1cc2c(cc1CC1CCCNC1)OCCCO2. The molecule has 1 aromatic carbocycles. The van der Waals surface area contributed by atoms with Gasteiger partial charge in [-0.2, -0.15) is 0 Å². The molecule has 1 saturated heterocycles. The van der Waals surface area contributed by atoms with Crippen LogP contribution in [0.2, 0.25) is 0 Å². The molecule has 0 aliphatic carbocycles. The molecule has 0 bridgehead atoms. The molecule has 110 valence electrons. The van der Waals surface area contributed by atoms with Crippen LogP contribution in [0, 0.1) is 5.92 Å². The van der Waals surface area contributed by atoms with E-state index in [2.05, 4.69) is 24.4 Å². The summed E-state index contributed by atoms with van der Waals surface area (Å²) in [6.45, 7) is 6.09. The van der Waals surface area contributed by atoms with Gasteiger partial charge in [-0.1, -0.05) is 6.92 Å². The van der Waals surface area contributed by atoms with Crippen molar-refractivity contribution in [3.63, 3.8) is 0 Å². The second-order valence-corrected chi connectivity index (χ2v) is 5.89. The number of nitrogens with one attached hydrogen (secondary N) is 1. The molecule has 0 aromatic heterocycles. The molecule has 3 nitrogen and oxygen atoms in total. The van der Waals surface area contributed by atoms with Crippen molar-refractivity contribution in [1.82, 2.24) is 5.32 Å². The van der Waals surface area contributed by atoms with Crippen molar-refractivity contribution in [2.45, 2.75) is 39.0 Å². The summed E-state index contributed by atoms with van der Waals surface area (Å²) in [6.07, 6.45) is 5.83. The van der Waals surface area contributed by atoms with Gasteiger partial charge in [-0.3, -0.25) is 0 Å². The maximum atomic E-state index is 5.84. The van der Waals surface area contributed by atoms with Gasteiger partial charge < -0.3 is 14.8 Å². The van der Waals surface area contributed by atoms with Gasteiger partial charge in [0.15, 0.2) is 11.5 Å². The molecule has 1 atom stereocenters. The predicted octanol–water partition coefficient (Wildman–Crippen LogP) is 2.95. The molecule has 20 heavy (non-hydrogen) atoms. The highest BCUT2D eigenvalue weighted by molar-refractivity contribution is 5.48. The van der Waals surface area contributed by atoms with E-state index < -0.39 is 0 Å². The minimum absolute atomic E-state index is 0.763. The van der Waals surface area contributed by atoms with E-state index in [1.54, 1.807) is 0 Å². The monoisotopic (exact) mass is 275 g/mol. The summed E-state index contributed by atoms with van der Waals surface area (Å²) in [7, 11) is 0. The normalized spacial score (nSPS) is 22.4. The number of benzene rings is 1. The topological polar surface area (TPSA) is 30.5 Å². The number of hydrogen-bond acceptors (Lipinski definition) is 3. The van der Waals surface area contributed by atoms with Gasteiger partial charge in [0.1, 0.15) is 0 Å². The van der Waals surface area contributed by atoms with Gasteiger partial charge in [0.2, 0.25) is 0 Å². The summed E-state index contributed by atoms with van der Waals surface area (Å²) in [4.78, 5) is 0. The Morgan fingerprint density at radius 2 is 1.85 bits per heavy atom. The van der Waals surface area contributed by atoms with E-state index in [4.69, 9.17) is 9.47 Å². The molecular weight excluding hydrogens is 250 g/mol. The zero-order valence-corrected chi connectivity index (χ0v) is 12.4. The maximum absolute atomic E-state index is 5.84. The minimum atomic E-state index is 0.763. The summed E-state index contributed by atoms with van der Waals surface area (Å²) in [6, 6.07) is 4.43. The van der Waals surface area contributed by atoms with E-state index in [1.807, 2.05) is 0 Å². The molecular formula is C17H25NO2. The van der Waals surface area contributed by atoms with E-state index in [0.717, 1.165) is 56.4 Å². The van der Waals surface area contributed by atoms with Gasteiger partial charge in [0.05, 0.1) is 13.2 Å². The average molecular weight is 275 g/mol. The molecule has 0 radical (unpaired) electrons. The number of aryl methyl sites for hydroxylation is 1. The van der Waals surface area contributed by atoms with E-state index in [0.29, 0.717) is 0 Å². The van der Waals surface area contributed by atoms with Crippen molar-refractivity contribution < 1.29 is 9.47 Å². The van der Waals surface area contributed by atoms with Crippen LogP contribution >= 0.6 is 0 Å². The molecule has 2 heterocycles. The highest BCUT2D eigenvalue weighted by atomic mass is 16.5. The lowest BCUT2D eigenvalue weighted by Gasteiger charge is -2.24. The fourth-order valence-corrected chi connectivity index (χ4v) is 3.22. The van der Waals surface area contributed by atoms with Crippen LogP contribution in [0.4, 0.5) is 0 Å². The molecule has 1 N–H and O–H groups in total. The lowest BCUT2D eigenvalue weighted by Crippen LogP contribution is -2.31. The summed E-state index contributed by atoms with van der Waals surface area (Å²) >= 11 is 0. The summed E-state index contributed by atoms with van der Waals surface area (Å²) in [5.74, 6) is 2.64. The van der Waals surface area contributed by atoms with Crippen LogP contribution < -0.4 is 14.8 Å². The van der Waals surface area contributed by atoms with Gasteiger partial charge in [-0.15, -0.1) is 0 Å². The highest BCUT2D eigenvalue weighted by Gasteiger charge is 2.18. The van der Waals surface area contributed by atoms with Gasteiger partial charge in [0.25, 0.3) is 0 Å². The van der Waals surface area contributed by atoms with E-state index in [9.17, 15) is 0 Å². The largest absolute Gasteiger partial charge is 0.490 e. The van der Waals surface area contributed by atoms with Crippen LogP contribution in [0.1, 0.15) is 37.3 Å². The highest BCUT2D eigenvalue weighted by Crippen LogP contribution is 2.34. The molecule has 0 amide bonds. The van der Waals surface area contributed by atoms with Crippen molar-refractivity contribution in [3.8, 4) is 11.5 Å². The first-order chi connectivity index (χ1) is 9.86. The molecule has 3 rings (SSSR count). The number of rotatable bonds is 3. The molecule has 0 saturated carbocycles. The molecule has 2 aliphatic heterocycles. The Labute approximate surface area is 121 Å². The van der Waals surface area contributed by atoms with Crippen molar-refractivity contribution in [2.75, 3.05) is 26.3 Å². The molecule has 3 heteroatoms. The van der Waals surface area contributed by atoms with Gasteiger partial charge in [0, 0.05) is 6.42 Å². The molecule has 2 aliphatic rings. The van der Waals surface area contributed by atoms with Crippen LogP contribution in [-0.4, -0.2) is 26.3 Å². The fourth-order valence-electron chi connectivity index (χ4n) is 3.22. The van der Waals surface area contributed by atoms with Crippen molar-refractivity contribution in [2.24, 2.45) is 5.92 Å². The zero-order chi connectivity index (χ0) is 13.8. The van der Waals surface area contributed by atoms with E-state index in [1.165, 1.54) is 30.5 Å². The number of ether oxygens (including phenoxy) is 2. The van der Waals surface area contributed by atoms with Crippen molar-refractivity contribution in [1.29, 1.82) is 0 Å². The van der Waals surface area contributed by atoms with Crippen LogP contribution in [-0.2, 0) is 12.8 Å². The van der Waals surface area contributed by atoms with Crippen molar-refractivity contribution in [3.05, 3.63) is 23.3 Å².